The Balaban J connectivity index is 2.31. The van der Waals surface area contributed by atoms with E-state index in [2.05, 4.69) is 15.9 Å². The lowest BCUT2D eigenvalue weighted by atomic mass is 10.0. The molecule has 0 N–H and O–H groups in total. The highest BCUT2D eigenvalue weighted by molar-refractivity contribution is 9.09. The van der Waals surface area contributed by atoms with Gasteiger partial charge in [0.25, 0.3) is 0 Å². The monoisotopic (exact) mass is 348 g/mol. The van der Waals surface area contributed by atoms with E-state index >= 15 is 0 Å². The first-order valence-electron chi connectivity index (χ1n) is 5.51. The van der Waals surface area contributed by atoms with E-state index in [1.807, 2.05) is 0 Å². The van der Waals surface area contributed by atoms with Gasteiger partial charge in [0.15, 0.2) is 0 Å². The molecule has 1 atom stereocenters. The van der Waals surface area contributed by atoms with Crippen LogP contribution in [0.4, 0.5) is 13.2 Å². The van der Waals surface area contributed by atoms with Crippen LogP contribution in [0.3, 0.4) is 0 Å². The van der Waals surface area contributed by atoms with Gasteiger partial charge in [-0.25, -0.2) is 13.2 Å². The van der Waals surface area contributed by atoms with Gasteiger partial charge in [0.1, 0.15) is 17.5 Å². The molecule has 0 bridgehead atoms. The molecule has 0 saturated carbocycles. The van der Waals surface area contributed by atoms with Gasteiger partial charge in [-0.05, 0) is 24.6 Å². The largest absolute Gasteiger partial charge is 0.207 e. The molecular weight excluding hydrogens is 341 g/mol. The maximum Gasteiger partial charge on any atom is 0.146 e. The summed E-state index contributed by atoms with van der Waals surface area (Å²) in [6.07, 6.45) is -0.00420. The molecule has 0 aliphatic heterocycles. The second kappa shape index (κ2) is 5.97. The van der Waals surface area contributed by atoms with Crippen molar-refractivity contribution in [2.24, 2.45) is 0 Å². The predicted octanol–water partition coefficient (Wildman–Crippen LogP) is 5.44. The smallest absolute Gasteiger partial charge is 0.146 e. The Morgan fingerprint density at radius 2 is 1.58 bits per heavy atom. The fourth-order valence-corrected chi connectivity index (χ4v) is 2.64. The average molecular weight is 350 g/mol. The minimum Gasteiger partial charge on any atom is -0.207 e. The van der Waals surface area contributed by atoms with Crippen molar-refractivity contribution in [1.29, 1.82) is 0 Å². The topological polar surface area (TPSA) is 0 Å². The van der Waals surface area contributed by atoms with Gasteiger partial charge in [-0.1, -0.05) is 45.7 Å². The Morgan fingerprint density at radius 3 is 2.21 bits per heavy atom. The lowest BCUT2D eigenvalue weighted by Gasteiger charge is -2.13. The van der Waals surface area contributed by atoms with Gasteiger partial charge in [0.2, 0.25) is 0 Å². The first-order chi connectivity index (χ1) is 9.00. The van der Waals surface area contributed by atoms with Gasteiger partial charge in [-0.2, -0.15) is 0 Å². The summed E-state index contributed by atoms with van der Waals surface area (Å²) in [6.45, 7) is 0. The van der Waals surface area contributed by atoms with Crippen molar-refractivity contribution in [2.45, 2.75) is 11.2 Å². The molecule has 0 spiro atoms. The van der Waals surface area contributed by atoms with Gasteiger partial charge in [-0.3, -0.25) is 0 Å². The van der Waals surface area contributed by atoms with E-state index in [1.54, 1.807) is 6.07 Å². The van der Waals surface area contributed by atoms with Crippen LogP contribution in [0.1, 0.15) is 16.0 Å². The molecule has 19 heavy (non-hydrogen) atoms. The molecule has 0 fully saturated rings. The Labute approximate surface area is 122 Å². The van der Waals surface area contributed by atoms with Crippen molar-refractivity contribution < 1.29 is 13.2 Å². The van der Waals surface area contributed by atoms with Gasteiger partial charge in [0.05, 0.1) is 5.02 Å². The molecule has 0 heterocycles. The van der Waals surface area contributed by atoms with Crippen LogP contribution in [0, 0.1) is 17.5 Å². The Bertz CT molecular complexity index is 581. The minimum absolute atomic E-state index is 0.00420. The van der Waals surface area contributed by atoms with Gasteiger partial charge < -0.3 is 0 Å². The molecule has 0 aliphatic rings. The van der Waals surface area contributed by atoms with Crippen molar-refractivity contribution in [2.75, 3.05) is 0 Å². The summed E-state index contributed by atoms with van der Waals surface area (Å²) >= 11 is 8.92. The number of hydrogen-bond donors (Lipinski definition) is 0. The molecule has 0 nitrogen and oxygen atoms in total. The average Bonchev–Trinajstić information content (AvgIpc) is 2.37. The fourth-order valence-electron chi connectivity index (χ4n) is 1.78. The van der Waals surface area contributed by atoms with E-state index in [4.69, 9.17) is 11.6 Å². The molecular formula is C14H9BrClF3. The van der Waals surface area contributed by atoms with E-state index in [0.29, 0.717) is 0 Å². The molecule has 0 aliphatic carbocycles. The van der Waals surface area contributed by atoms with Crippen LogP contribution in [0.5, 0.6) is 0 Å². The van der Waals surface area contributed by atoms with Crippen LogP contribution in [0.2, 0.25) is 5.02 Å². The highest BCUT2D eigenvalue weighted by Gasteiger charge is 2.19. The highest BCUT2D eigenvalue weighted by atomic mass is 79.9. The molecule has 2 aromatic rings. The Morgan fingerprint density at radius 1 is 1.00 bits per heavy atom. The third-order valence-corrected chi connectivity index (χ3v) is 3.87. The molecule has 0 aromatic heterocycles. The van der Waals surface area contributed by atoms with Gasteiger partial charge >= 0.3 is 0 Å². The molecule has 1 unspecified atom stereocenters. The van der Waals surface area contributed by atoms with Crippen LogP contribution >= 0.6 is 27.5 Å². The van der Waals surface area contributed by atoms with E-state index in [-0.39, 0.29) is 22.6 Å². The third-order valence-electron chi connectivity index (χ3n) is 2.76. The summed E-state index contributed by atoms with van der Waals surface area (Å²) in [5.41, 5.74) is 0.193. The Hall–Kier alpha value is -1.00. The molecule has 100 valence electrons. The number of benzene rings is 2. The first kappa shape index (κ1) is 14.4. The highest BCUT2D eigenvalue weighted by Crippen LogP contribution is 2.33. The predicted molar refractivity (Wildman–Crippen MR) is 73.1 cm³/mol. The minimum atomic E-state index is -0.646. The summed E-state index contributed by atoms with van der Waals surface area (Å²) < 4.78 is 40.9. The van der Waals surface area contributed by atoms with Crippen molar-refractivity contribution in [3.63, 3.8) is 0 Å². The van der Waals surface area contributed by atoms with Crippen molar-refractivity contribution in [3.05, 3.63) is 70.0 Å². The number of alkyl halides is 1. The van der Waals surface area contributed by atoms with Crippen LogP contribution in [-0.2, 0) is 6.42 Å². The normalized spacial score (nSPS) is 12.5. The summed E-state index contributed by atoms with van der Waals surface area (Å²) in [4.78, 5) is -0.558. The van der Waals surface area contributed by atoms with E-state index in [9.17, 15) is 13.2 Å². The van der Waals surface area contributed by atoms with Gasteiger partial charge in [0, 0.05) is 16.0 Å². The molecule has 0 amide bonds. The zero-order chi connectivity index (χ0) is 14.0. The molecule has 2 aromatic carbocycles. The zero-order valence-electron chi connectivity index (χ0n) is 9.64. The van der Waals surface area contributed by atoms with Crippen molar-refractivity contribution >= 4 is 27.5 Å². The summed E-state index contributed by atoms with van der Waals surface area (Å²) in [7, 11) is 0. The lowest BCUT2D eigenvalue weighted by molar-refractivity contribution is 0.550. The third kappa shape index (κ3) is 3.12. The van der Waals surface area contributed by atoms with Gasteiger partial charge in [-0.15, -0.1) is 0 Å². The summed E-state index contributed by atoms with van der Waals surface area (Å²) in [6, 6.07) is 8.17. The first-order valence-corrected chi connectivity index (χ1v) is 6.81. The molecule has 2 rings (SSSR count). The van der Waals surface area contributed by atoms with Crippen molar-refractivity contribution in [3.8, 4) is 0 Å². The second-order valence-corrected chi connectivity index (χ2v) is 5.53. The molecule has 0 radical (unpaired) electrons. The maximum atomic E-state index is 13.8. The lowest BCUT2D eigenvalue weighted by Crippen LogP contribution is -2.03. The van der Waals surface area contributed by atoms with Crippen LogP contribution in [-0.4, -0.2) is 0 Å². The maximum absolute atomic E-state index is 13.8. The standard InChI is InChI=1S/C14H9BrClF3/c15-10(8-3-1-4-11(16)14(8)19)7-9-12(17)5-2-6-13(9)18/h1-6,10H,7H2. The molecule has 5 heteroatoms. The summed E-state index contributed by atoms with van der Waals surface area (Å²) in [5, 5.41) is -0.0176. The number of hydrogen-bond acceptors (Lipinski definition) is 0. The van der Waals surface area contributed by atoms with Crippen LogP contribution in [0.15, 0.2) is 36.4 Å². The van der Waals surface area contributed by atoms with E-state index in [0.717, 1.165) is 0 Å². The van der Waals surface area contributed by atoms with E-state index < -0.39 is 22.3 Å². The zero-order valence-corrected chi connectivity index (χ0v) is 12.0. The quantitative estimate of drug-likeness (QED) is 0.648. The summed E-state index contributed by atoms with van der Waals surface area (Å²) in [5.74, 6) is -1.87. The van der Waals surface area contributed by atoms with E-state index in [1.165, 1.54) is 30.3 Å². The molecule has 0 saturated heterocycles. The van der Waals surface area contributed by atoms with Crippen LogP contribution in [0.25, 0.3) is 0 Å². The Kier molecular flexibility index (Phi) is 4.53. The number of rotatable bonds is 3. The SMILES string of the molecule is Fc1cccc(F)c1CC(Br)c1cccc(Cl)c1F. The van der Waals surface area contributed by atoms with Crippen LogP contribution < -0.4 is 0 Å². The second-order valence-electron chi connectivity index (χ2n) is 4.01. The number of halogens is 5. The van der Waals surface area contributed by atoms with Crippen molar-refractivity contribution in [1.82, 2.24) is 0 Å². The fraction of sp³-hybridized carbons (Fsp3) is 0.143.